The van der Waals surface area contributed by atoms with Gasteiger partial charge in [-0.05, 0) is 54.8 Å². The van der Waals surface area contributed by atoms with E-state index >= 15 is 0 Å². The van der Waals surface area contributed by atoms with Gasteiger partial charge in [-0.1, -0.05) is 18.2 Å². The van der Waals surface area contributed by atoms with Gasteiger partial charge in [0.1, 0.15) is 0 Å². The van der Waals surface area contributed by atoms with Crippen molar-refractivity contribution < 1.29 is 18.0 Å². The molecule has 0 aromatic heterocycles. The second-order valence-electron chi connectivity index (χ2n) is 6.66. The quantitative estimate of drug-likeness (QED) is 0.622. The molecule has 0 saturated heterocycles. The van der Waals surface area contributed by atoms with E-state index in [4.69, 9.17) is 0 Å². The lowest BCUT2D eigenvalue weighted by atomic mass is 10.2. The van der Waals surface area contributed by atoms with Crippen molar-refractivity contribution in [3.8, 4) is 0 Å². The molecule has 2 aromatic rings. The highest BCUT2D eigenvalue weighted by atomic mass is 32.2. The summed E-state index contributed by atoms with van der Waals surface area (Å²) in [5.41, 5.74) is 2.43. The van der Waals surface area contributed by atoms with Crippen molar-refractivity contribution in [3.05, 3.63) is 60.2 Å². The van der Waals surface area contributed by atoms with Crippen molar-refractivity contribution in [1.82, 2.24) is 0 Å². The number of carbonyl (C=O) groups excluding carboxylic acids is 2. The molecule has 0 radical (unpaired) electrons. The number of nitrogens with one attached hydrogen (secondary N) is 3. The van der Waals surface area contributed by atoms with Gasteiger partial charge in [-0.3, -0.25) is 14.3 Å². The average Bonchev–Trinajstić information content (AvgIpc) is 3.45. The lowest BCUT2D eigenvalue weighted by Gasteiger charge is -2.07. The zero-order valence-corrected chi connectivity index (χ0v) is 16.1. The van der Waals surface area contributed by atoms with Gasteiger partial charge in [0.15, 0.2) is 0 Å². The Balaban J connectivity index is 1.56. The first-order valence-electron chi connectivity index (χ1n) is 8.76. The van der Waals surface area contributed by atoms with Gasteiger partial charge in [-0.2, -0.15) is 0 Å². The van der Waals surface area contributed by atoms with Gasteiger partial charge in [0.2, 0.25) is 21.8 Å². The SMILES string of the molecule is CS(=O)(=O)Nc1ccc(/C=C/C(=O)Nc2cccc(NC(=O)C3CC3)c2)cc1. The zero-order chi connectivity index (χ0) is 20.1. The van der Waals surface area contributed by atoms with Crippen LogP contribution < -0.4 is 15.4 Å². The van der Waals surface area contributed by atoms with Crippen molar-refractivity contribution in [2.24, 2.45) is 5.92 Å². The van der Waals surface area contributed by atoms with Crippen molar-refractivity contribution in [3.63, 3.8) is 0 Å². The number of rotatable bonds is 7. The molecule has 8 heteroatoms. The second-order valence-corrected chi connectivity index (χ2v) is 8.41. The predicted molar refractivity (Wildman–Crippen MR) is 110 cm³/mol. The molecule has 1 aliphatic rings. The van der Waals surface area contributed by atoms with E-state index in [9.17, 15) is 18.0 Å². The second kappa shape index (κ2) is 8.26. The van der Waals surface area contributed by atoms with E-state index < -0.39 is 10.0 Å². The van der Waals surface area contributed by atoms with E-state index in [2.05, 4.69) is 15.4 Å². The molecule has 28 heavy (non-hydrogen) atoms. The lowest BCUT2D eigenvalue weighted by Crippen LogP contribution is -2.14. The Morgan fingerprint density at radius 2 is 1.61 bits per heavy atom. The summed E-state index contributed by atoms with van der Waals surface area (Å²) in [7, 11) is -3.32. The summed E-state index contributed by atoms with van der Waals surface area (Å²) in [6.45, 7) is 0. The molecule has 0 aliphatic heterocycles. The topological polar surface area (TPSA) is 104 Å². The Hall–Kier alpha value is -3.13. The molecule has 2 aromatic carbocycles. The van der Waals surface area contributed by atoms with Crippen LogP contribution in [0, 0.1) is 5.92 Å². The summed E-state index contributed by atoms with van der Waals surface area (Å²) < 4.78 is 24.8. The van der Waals surface area contributed by atoms with E-state index in [-0.39, 0.29) is 17.7 Å². The third-order valence-corrected chi connectivity index (χ3v) is 4.59. The van der Waals surface area contributed by atoms with Crippen molar-refractivity contribution >= 4 is 45.0 Å². The molecule has 7 nitrogen and oxygen atoms in total. The molecule has 0 unspecified atom stereocenters. The maximum Gasteiger partial charge on any atom is 0.248 e. The summed E-state index contributed by atoms with van der Waals surface area (Å²) in [6.07, 6.45) is 5.95. The van der Waals surface area contributed by atoms with Crippen LogP contribution in [0.15, 0.2) is 54.6 Å². The van der Waals surface area contributed by atoms with Gasteiger partial charge >= 0.3 is 0 Å². The summed E-state index contributed by atoms with van der Waals surface area (Å²) in [5.74, 6) is -0.193. The average molecular weight is 399 g/mol. The first kappa shape index (κ1) is 19.6. The van der Waals surface area contributed by atoms with E-state index in [1.165, 1.54) is 6.08 Å². The monoisotopic (exact) mass is 399 g/mol. The molecule has 3 N–H and O–H groups in total. The molecule has 3 rings (SSSR count). The van der Waals surface area contributed by atoms with Crippen LogP contribution in [0.2, 0.25) is 0 Å². The summed E-state index contributed by atoms with van der Waals surface area (Å²) >= 11 is 0. The molecule has 0 spiro atoms. The fraction of sp³-hybridized carbons (Fsp3) is 0.200. The fourth-order valence-corrected chi connectivity index (χ4v) is 3.06. The van der Waals surface area contributed by atoms with Crippen LogP contribution in [0.3, 0.4) is 0 Å². The first-order valence-corrected chi connectivity index (χ1v) is 10.7. The van der Waals surface area contributed by atoms with E-state index in [1.807, 2.05) is 0 Å². The number of sulfonamides is 1. The van der Waals surface area contributed by atoms with Gasteiger partial charge in [0.05, 0.1) is 6.26 Å². The molecular weight excluding hydrogens is 378 g/mol. The fourth-order valence-electron chi connectivity index (χ4n) is 2.50. The van der Waals surface area contributed by atoms with Gasteiger partial charge < -0.3 is 10.6 Å². The van der Waals surface area contributed by atoms with Crippen LogP contribution in [0.5, 0.6) is 0 Å². The molecule has 0 atom stereocenters. The highest BCUT2D eigenvalue weighted by Gasteiger charge is 2.29. The Morgan fingerprint density at radius 1 is 0.964 bits per heavy atom. The zero-order valence-electron chi connectivity index (χ0n) is 15.3. The smallest absolute Gasteiger partial charge is 0.248 e. The third kappa shape index (κ3) is 6.24. The molecule has 1 aliphatic carbocycles. The minimum atomic E-state index is -3.32. The standard InChI is InChI=1S/C20H21N3O4S/c1-28(26,27)23-16-10-5-14(6-11-16)7-12-19(24)21-17-3-2-4-18(13-17)22-20(25)15-8-9-15/h2-7,10-13,15,23H,8-9H2,1H3,(H,21,24)(H,22,25)/b12-7+. The number of hydrogen-bond acceptors (Lipinski definition) is 4. The maximum absolute atomic E-state index is 12.1. The van der Waals surface area contributed by atoms with Crippen molar-refractivity contribution in [1.29, 1.82) is 0 Å². The van der Waals surface area contributed by atoms with Crippen LogP contribution in [0.4, 0.5) is 17.1 Å². The molecule has 1 saturated carbocycles. The van der Waals surface area contributed by atoms with Crippen LogP contribution in [-0.2, 0) is 19.6 Å². The minimum Gasteiger partial charge on any atom is -0.326 e. The van der Waals surface area contributed by atoms with E-state index in [1.54, 1.807) is 54.6 Å². The Bertz CT molecular complexity index is 1010. The molecule has 2 amide bonds. The Kier molecular flexibility index (Phi) is 5.79. The summed E-state index contributed by atoms with van der Waals surface area (Å²) in [6, 6.07) is 13.6. The first-order chi connectivity index (χ1) is 13.3. The Morgan fingerprint density at radius 3 is 2.21 bits per heavy atom. The number of amides is 2. The summed E-state index contributed by atoms with van der Waals surface area (Å²) in [5, 5.41) is 5.58. The largest absolute Gasteiger partial charge is 0.326 e. The van der Waals surface area contributed by atoms with Crippen molar-refractivity contribution in [2.75, 3.05) is 21.6 Å². The van der Waals surface area contributed by atoms with Crippen molar-refractivity contribution in [2.45, 2.75) is 12.8 Å². The van der Waals surface area contributed by atoms with Gasteiger partial charge in [0.25, 0.3) is 0 Å². The highest BCUT2D eigenvalue weighted by Crippen LogP contribution is 2.30. The molecular formula is C20H21N3O4S. The van der Waals surface area contributed by atoms with Crippen LogP contribution in [-0.4, -0.2) is 26.5 Å². The Labute approximate surface area is 163 Å². The number of anilines is 3. The number of benzene rings is 2. The third-order valence-electron chi connectivity index (χ3n) is 3.99. The van der Waals surface area contributed by atoms with Gasteiger partial charge in [-0.15, -0.1) is 0 Å². The molecule has 0 bridgehead atoms. The normalized spacial score (nSPS) is 13.9. The summed E-state index contributed by atoms with van der Waals surface area (Å²) in [4.78, 5) is 23.9. The molecule has 1 fully saturated rings. The molecule has 146 valence electrons. The van der Waals surface area contributed by atoms with Crippen LogP contribution >= 0.6 is 0 Å². The number of hydrogen-bond donors (Lipinski definition) is 3. The number of carbonyl (C=O) groups is 2. The van der Waals surface area contributed by atoms with Crippen LogP contribution in [0.1, 0.15) is 18.4 Å². The van der Waals surface area contributed by atoms with Gasteiger partial charge in [0, 0.05) is 29.1 Å². The lowest BCUT2D eigenvalue weighted by molar-refractivity contribution is -0.117. The highest BCUT2D eigenvalue weighted by molar-refractivity contribution is 7.92. The van der Waals surface area contributed by atoms with E-state index in [0.717, 1.165) is 24.7 Å². The van der Waals surface area contributed by atoms with E-state index in [0.29, 0.717) is 17.1 Å². The van der Waals surface area contributed by atoms with Crippen LogP contribution in [0.25, 0.3) is 6.08 Å². The maximum atomic E-state index is 12.1. The minimum absolute atomic E-state index is 0.0113. The molecule has 0 heterocycles. The van der Waals surface area contributed by atoms with Gasteiger partial charge in [-0.25, -0.2) is 8.42 Å². The predicted octanol–water partition coefficient (Wildman–Crippen LogP) is 3.06.